The minimum Gasteiger partial charge on any atom is -0.334 e. The molecule has 0 radical (unpaired) electrons. The second-order valence-electron chi connectivity index (χ2n) is 4.05. The first-order valence-electron chi connectivity index (χ1n) is 5.75. The number of carbonyl (C=O) groups is 1. The molecule has 1 unspecified atom stereocenters. The van der Waals surface area contributed by atoms with Crippen molar-refractivity contribution < 1.29 is 4.79 Å². The average molecular weight is 252 g/mol. The van der Waals surface area contributed by atoms with Crippen LogP contribution in [-0.4, -0.2) is 30.9 Å². The van der Waals surface area contributed by atoms with Gasteiger partial charge in [-0.05, 0) is 18.5 Å². The summed E-state index contributed by atoms with van der Waals surface area (Å²) >= 11 is 1.68. The molecule has 4 heteroatoms. The standard InChI is InChI=1S/C13H20N2OS/c1-4-7-15(10-12-6-5-8-17-12)13(16)11(2)9-14-3/h4-6,8,11,14H,1,7,9-10H2,2-3H3. The highest BCUT2D eigenvalue weighted by Gasteiger charge is 2.19. The van der Waals surface area contributed by atoms with Crippen LogP contribution in [0.3, 0.4) is 0 Å². The number of carbonyl (C=O) groups excluding carboxylic acids is 1. The molecule has 1 heterocycles. The quantitative estimate of drug-likeness (QED) is 0.754. The van der Waals surface area contributed by atoms with Gasteiger partial charge < -0.3 is 10.2 Å². The average Bonchev–Trinajstić information content (AvgIpc) is 2.80. The van der Waals surface area contributed by atoms with Crippen molar-refractivity contribution >= 4 is 17.2 Å². The summed E-state index contributed by atoms with van der Waals surface area (Å²) in [5.41, 5.74) is 0. The van der Waals surface area contributed by atoms with Crippen molar-refractivity contribution in [3.63, 3.8) is 0 Å². The summed E-state index contributed by atoms with van der Waals surface area (Å²) in [5, 5.41) is 5.06. The van der Waals surface area contributed by atoms with E-state index < -0.39 is 0 Å². The molecule has 94 valence electrons. The summed E-state index contributed by atoms with van der Waals surface area (Å²) in [5.74, 6) is 0.174. The molecular formula is C13H20N2OS. The van der Waals surface area contributed by atoms with Crippen molar-refractivity contribution in [2.45, 2.75) is 13.5 Å². The molecule has 0 aliphatic carbocycles. The van der Waals surface area contributed by atoms with E-state index in [4.69, 9.17) is 0 Å². The van der Waals surface area contributed by atoms with Gasteiger partial charge in [-0.3, -0.25) is 4.79 Å². The number of rotatable bonds is 7. The number of hydrogen-bond acceptors (Lipinski definition) is 3. The summed E-state index contributed by atoms with van der Waals surface area (Å²) < 4.78 is 0. The van der Waals surface area contributed by atoms with E-state index in [2.05, 4.69) is 18.0 Å². The van der Waals surface area contributed by atoms with Gasteiger partial charge in [0.15, 0.2) is 0 Å². The lowest BCUT2D eigenvalue weighted by Crippen LogP contribution is -2.38. The van der Waals surface area contributed by atoms with Crippen molar-refractivity contribution in [3.8, 4) is 0 Å². The SMILES string of the molecule is C=CCN(Cc1cccs1)C(=O)C(C)CNC. The van der Waals surface area contributed by atoms with Crippen molar-refractivity contribution in [3.05, 3.63) is 35.0 Å². The molecule has 1 aromatic heterocycles. The molecule has 3 nitrogen and oxygen atoms in total. The fourth-order valence-corrected chi connectivity index (χ4v) is 2.40. The summed E-state index contributed by atoms with van der Waals surface area (Å²) in [6, 6.07) is 4.06. The largest absolute Gasteiger partial charge is 0.334 e. The molecule has 0 aromatic carbocycles. The molecule has 1 aromatic rings. The number of hydrogen-bond donors (Lipinski definition) is 1. The van der Waals surface area contributed by atoms with Crippen molar-refractivity contribution in [2.75, 3.05) is 20.1 Å². The van der Waals surface area contributed by atoms with Crippen LogP contribution in [0.4, 0.5) is 0 Å². The third kappa shape index (κ3) is 4.32. The Balaban J connectivity index is 2.64. The Hall–Kier alpha value is -1.13. The molecule has 17 heavy (non-hydrogen) atoms. The lowest BCUT2D eigenvalue weighted by Gasteiger charge is -2.24. The molecule has 0 aliphatic rings. The van der Waals surface area contributed by atoms with Crippen LogP contribution in [0.25, 0.3) is 0 Å². The maximum atomic E-state index is 12.2. The third-order valence-corrected chi connectivity index (χ3v) is 3.38. The lowest BCUT2D eigenvalue weighted by atomic mass is 10.1. The van der Waals surface area contributed by atoms with Gasteiger partial charge >= 0.3 is 0 Å². The van der Waals surface area contributed by atoms with Gasteiger partial charge in [-0.1, -0.05) is 19.1 Å². The Labute approximate surface area is 107 Å². The van der Waals surface area contributed by atoms with Gasteiger partial charge in [-0.25, -0.2) is 0 Å². The van der Waals surface area contributed by atoms with E-state index in [1.807, 2.05) is 30.3 Å². The summed E-state index contributed by atoms with van der Waals surface area (Å²) in [6.45, 7) is 7.64. The summed E-state index contributed by atoms with van der Waals surface area (Å²) in [7, 11) is 1.86. The van der Waals surface area contributed by atoms with E-state index >= 15 is 0 Å². The first kappa shape index (κ1) is 13.9. The molecule has 0 aliphatic heterocycles. The van der Waals surface area contributed by atoms with Crippen LogP contribution in [0.5, 0.6) is 0 Å². The zero-order valence-corrected chi connectivity index (χ0v) is 11.3. The molecule has 0 saturated heterocycles. The Morgan fingerprint density at radius 3 is 3.00 bits per heavy atom. The second-order valence-corrected chi connectivity index (χ2v) is 5.08. The Morgan fingerprint density at radius 2 is 2.47 bits per heavy atom. The molecule has 1 atom stereocenters. The molecule has 0 spiro atoms. The van der Waals surface area contributed by atoms with Crippen LogP contribution in [0.2, 0.25) is 0 Å². The van der Waals surface area contributed by atoms with E-state index in [1.165, 1.54) is 4.88 Å². The zero-order chi connectivity index (χ0) is 12.7. The second kappa shape index (κ2) is 7.25. The van der Waals surface area contributed by atoms with Gasteiger partial charge in [0.05, 0.1) is 6.54 Å². The van der Waals surface area contributed by atoms with E-state index in [0.717, 1.165) is 0 Å². The van der Waals surface area contributed by atoms with Gasteiger partial charge in [0, 0.05) is 23.9 Å². The summed E-state index contributed by atoms with van der Waals surface area (Å²) in [6.07, 6.45) is 1.78. The molecule has 0 bridgehead atoms. The highest BCUT2D eigenvalue weighted by atomic mass is 32.1. The summed E-state index contributed by atoms with van der Waals surface area (Å²) in [4.78, 5) is 15.2. The van der Waals surface area contributed by atoms with Gasteiger partial charge in [0.1, 0.15) is 0 Å². The minimum atomic E-state index is -0.0000813. The topological polar surface area (TPSA) is 32.3 Å². The molecule has 1 N–H and O–H groups in total. The molecule has 0 saturated carbocycles. The Kier molecular flexibility index (Phi) is 5.94. The highest BCUT2D eigenvalue weighted by molar-refractivity contribution is 7.09. The zero-order valence-electron chi connectivity index (χ0n) is 10.5. The first-order chi connectivity index (χ1) is 8.19. The molecule has 1 amide bonds. The van der Waals surface area contributed by atoms with Crippen LogP contribution in [-0.2, 0) is 11.3 Å². The highest BCUT2D eigenvalue weighted by Crippen LogP contribution is 2.13. The number of nitrogens with zero attached hydrogens (tertiary/aromatic N) is 1. The van der Waals surface area contributed by atoms with Crippen LogP contribution >= 0.6 is 11.3 Å². The Bertz CT molecular complexity index is 348. The van der Waals surface area contributed by atoms with E-state index in [-0.39, 0.29) is 11.8 Å². The van der Waals surface area contributed by atoms with Gasteiger partial charge in [-0.2, -0.15) is 0 Å². The van der Waals surface area contributed by atoms with E-state index in [9.17, 15) is 4.79 Å². The normalized spacial score (nSPS) is 12.1. The fourth-order valence-electron chi connectivity index (χ4n) is 1.68. The van der Waals surface area contributed by atoms with Crippen molar-refractivity contribution in [2.24, 2.45) is 5.92 Å². The van der Waals surface area contributed by atoms with Crippen molar-refractivity contribution in [1.29, 1.82) is 0 Å². The van der Waals surface area contributed by atoms with Gasteiger partial charge in [0.25, 0.3) is 0 Å². The minimum absolute atomic E-state index is 0.0000813. The van der Waals surface area contributed by atoms with Crippen LogP contribution in [0, 0.1) is 5.92 Å². The lowest BCUT2D eigenvalue weighted by molar-refractivity contribution is -0.134. The van der Waals surface area contributed by atoms with Gasteiger partial charge in [-0.15, -0.1) is 17.9 Å². The molecule has 1 rings (SSSR count). The molecular weight excluding hydrogens is 232 g/mol. The number of thiophene rings is 1. The fraction of sp³-hybridized carbons (Fsp3) is 0.462. The van der Waals surface area contributed by atoms with Crippen LogP contribution in [0.15, 0.2) is 30.2 Å². The predicted octanol–water partition coefficient (Wildman–Crippen LogP) is 2.12. The van der Waals surface area contributed by atoms with Crippen LogP contribution < -0.4 is 5.32 Å². The molecule has 0 fully saturated rings. The van der Waals surface area contributed by atoms with Crippen LogP contribution in [0.1, 0.15) is 11.8 Å². The predicted molar refractivity (Wildman–Crippen MR) is 73.0 cm³/mol. The van der Waals surface area contributed by atoms with Gasteiger partial charge in [0.2, 0.25) is 5.91 Å². The maximum Gasteiger partial charge on any atom is 0.227 e. The smallest absolute Gasteiger partial charge is 0.227 e. The van der Waals surface area contributed by atoms with Crippen molar-refractivity contribution in [1.82, 2.24) is 10.2 Å². The first-order valence-corrected chi connectivity index (χ1v) is 6.63. The third-order valence-electron chi connectivity index (χ3n) is 2.52. The maximum absolute atomic E-state index is 12.2. The Morgan fingerprint density at radius 1 is 1.71 bits per heavy atom. The van der Waals surface area contributed by atoms with E-state index in [1.54, 1.807) is 17.4 Å². The monoisotopic (exact) mass is 252 g/mol. The van der Waals surface area contributed by atoms with E-state index in [0.29, 0.717) is 19.6 Å². The number of amides is 1. The number of nitrogens with one attached hydrogen (secondary N) is 1.